The van der Waals surface area contributed by atoms with Crippen LogP contribution < -0.4 is 15.4 Å². The number of aliphatic imine (C=N–C) groups is 1. The number of pyridine rings is 1. The van der Waals surface area contributed by atoms with Gasteiger partial charge in [-0.1, -0.05) is 12.1 Å². The van der Waals surface area contributed by atoms with Gasteiger partial charge in [0.15, 0.2) is 0 Å². The molecule has 0 radical (unpaired) electrons. The maximum Gasteiger partial charge on any atom is 0.416 e. The highest BCUT2D eigenvalue weighted by Gasteiger charge is 2.34. The van der Waals surface area contributed by atoms with Gasteiger partial charge in [0.25, 0.3) is 0 Å². The van der Waals surface area contributed by atoms with E-state index in [9.17, 15) is 18.0 Å². The molecule has 1 aliphatic carbocycles. The number of alkyl halides is 3. The molecule has 6 rings (SSSR count). The quantitative estimate of drug-likeness (QED) is 0.392. The Morgan fingerprint density at radius 2 is 1.88 bits per heavy atom. The molecule has 0 saturated carbocycles. The largest absolute Gasteiger partial charge is 0.457 e. The minimum Gasteiger partial charge on any atom is -0.457 e. The van der Waals surface area contributed by atoms with Gasteiger partial charge < -0.3 is 15.4 Å². The first-order chi connectivity index (χ1) is 19.8. The maximum absolute atomic E-state index is 13.9. The molecule has 2 N–H and O–H groups in total. The first-order valence-electron chi connectivity index (χ1n) is 14.1. The van der Waals surface area contributed by atoms with Crippen molar-refractivity contribution in [1.82, 2.24) is 15.2 Å². The van der Waals surface area contributed by atoms with Gasteiger partial charge >= 0.3 is 6.18 Å². The van der Waals surface area contributed by atoms with Crippen molar-refractivity contribution in [2.24, 2.45) is 10.9 Å². The summed E-state index contributed by atoms with van der Waals surface area (Å²) in [5.74, 6) is 1.40. The van der Waals surface area contributed by atoms with E-state index in [2.05, 4.69) is 20.6 Å². The number of rotatable bonds is 7. The number of aryl methyl sites for hydroxylation is 1. The molecule has 1 unspecified atom stereocenters. The minimum atomic E-state index is -4.49. The lowest BCUT2D eigenvalue weighted by Crippen LogP contribution is -2.28. The van der Waals surface area contributed by atoms with Crippen LogP contribution in [0.3, 0.4) is 0 Å². The number of benzene rings is 2. The lowest BCUT2D eigenvalue weighted by Gasteiger charge is -2.25. The van der Waals surface area contributed by atoms with E-state index in [1.807, 2.05) is 29.2 Å². The Morgan fingerprint density at radius 1 is 1.05 bits per heavy atom. The number of anilines is 1. The van der Waals surface area contributed by atoms with E-state index in [1.54, 1.807) is 18.3 Å². The van der Waals surface area contributed by atoms with E-state index in [4.69, 9.17) is 4.74 Å². The average molecular weight is 564 g/mol. The van der Waals surface area contributed by atoms with E-state index >= 15 is 0 Å². The molecular formula is C31H32F3N5O2. The van der Waals surface area contributed by atoms with Crippen molar-refractivity contribution < 1.29 is 22.7 Å². The summed E-state index contributed by atoms with van der Waals surface area (Å²) in [6.07, 6.45) is 1.02. The van der Waals surface area contributed by atoms with E-state index in [0.29, 0.717) is 36.5 Å². The Kier molecular flexibility index (Phi) is 7.66. The molecule has 41 heavy (non-hydrogen) atoms. The van der Waals surface area contributed by atoms with Gasteiger partial charge in [-0.15, -0.1) is 0 Å². The maximum atomic E-state index is 13.9. The number of nitrogens with one attached hydrogen (secondary N) is 2. The molecule has 3 aliphatic rings. The van der Waals surface area contributed by atoms with Gasteiger partial charge in [-0.25, -0.2) is 0 Å². The SMILES string of the molecule is O=C(Nc1ccc(CN2CCCC2)c(C(F)(F)F)c1)C1CCc2ccc(Oc3ccnc(C4=NCCN4)c3)cc2C1. The zero-order chi connectivity index (χ0) is 28.4. The Hall–Kier alpha value is -3.92. The first-order valence-corrected chi connectivity index (χ1v) is 14.1. The predicted molar refractivity (Wildman–Crippen MR) is 150 cm³/mol. The number of likely N-dealkylation sites (tertiary alicyclic amines) is 1. The molecule has 1 fully saturated rings. The number of hydrogen-bond donors (Lipinski definition) is 2. The number of carbonyl (C=O) groups excluding carboxylic acids is 1. The van der Waals surface area contributed by atoms with Crippen molar-refractivity contribution >= 4 is 17.4 Å². The average Bonchev–Trinajstić information content (AvgIpc) is 3.68. The van der Waals surface area contributed by atoms with Gasteiger partial charge in [-0.05, 0) is 92.2 Å². The zero-order valence-electron chi connectivity index (χ0n) is 22.6. The summed E-state index contributed by atoms with van der Waals surface area (Å²) in [7, 11) is 0. The van der Waals surface area contributed by atoms with Crippen LogP contribution in [0.4, 0.5) is 18.9 Å². The summed E-state index contributed by atoms with van der Waals surface area (Å²) in [6.45, 7) is 3.38. The van der Waals surface area contributed by atoms with E-state index in [1.165, 1.54) is 6.07 Å². The van der Waals surface area contributed by atoms with Gasteiger partial charge in [0, 0.05) is 37.0 Å². The van der Waals surface area contributed by atoms with Crippen molar-refractivity contribution in [2.75, 3.05) is 31.5 Å². The molecule has 2 aromatic carbocycles. The number of amides is 1. The third-order valence-corrected chi connectivity index (χ3v) is 7.94. The summed E-state index contributed by atoms with van der Waals surface area (Å²) in [6, 6.07) is 13.6. The minimum absolute atomic E-state index is 0.172. The Balaban J connectivity index is 1.13. The summed E-state index contributed by atoms with van der Waals surface area (Å²) in [5.41, 5.74) is 2.59. The van der Waals surface area contributed by atoms with E-state index < -0.39 is 11.7 Å². The number of halogens is 3. The van der Waals surface area contributed by atoms with Gasteiger partial charge in [-0.3, -0.25) is 19.7 Å². The monoisotopic (exact) mass is 563 g/mol. The van der Waals surface area contributed by atoms with Gasteiger partial charge in [0.05, 0.1) is 12.1 Å². The molecular weight excluding hydrogens is 531 g/mol. The fraction of sp³-hybridized carbons (Fsp3) is 0.387. The number of nitrogens with zero attached hydrogens (tertiary/aromatic N) is 3. The fourth-order valence-corrected chi connectivity index (χ4v) is 5.81. The molecule has 0 spiro atoms. The molecule has 1 atom stereocenters. The van der Waals surface area contributed by atoms with Gasteiger partial charge in [0.1, 0.15) is 23.0 Å². The highest BCUT2D eigenvalue weighted by Crippen LogP contribution is 2.36. The van der Waals surface area contributed by atoms with Crippen LogP contribution >= 0.6 is 0 Å². The van der Waals surface area contributed by atoms with Crippen LogP contribution in [-0.2, 0) is 30.4 Å². The Labute approximate surface area is 236 Å². The molecule has 3 heterocycles. The smallest absolute Gasteiger partial charge is 0.416 e. The van der Waals surface area contributed by atoms with Crippen molar-refractivity contribution in [2.45, 2.75) is 44.8 Å². The summed E-state index contributed by atoms with van der Waals surface area (Å²) in [5, 5.41) is 5.96. The van der Waals surface area contributed by atoms with Crippen LogP contribution in [-0.4, -0.2) is 47.8 Å². The summed E-state index contributed by atoms with van der Waals surface area (Å²) >= 11 is 0. The van der Waals surface area contributed by atoms with Crippen LogP contribution in [0, 0.1) is 5.92 Å². The van der Waals surface area contributed by atoms with Crippen molar-refractivity contribution in [3.63, 3.8) is 0 Å². The summed E-state index contributed by atoms with van der Waals surface area (Å²) < 4.78 is 47.8. The van der Waals surface area contributed by atoms with Crippen LogP contribution in [0.5, 0.6) is 11.5 Å². The number of amidine groups is 1. The predicted octanol–water partition coefficient (Wildman–Crippen LogP) is 5.58. The normalized spacial score (nSPS) is 18.9. The Morgan fingerprint density at radius 3 is 2.66 bits per heavy atom. The molecule has 3 aromatic rings. The molecule has 0 bridgehead atoms. The van der Waals surface area contributed by atoms with Crippen LogP contribution in [0.25, 0.3) is 0 Å². The second kappa shape index (κ2) is 11.5. The van der Waals surface area contributed by atoms with E-state index in [-0.39, 0.29) is 29.6 Å². The van der Waals surface area contributed by atoms with Gasteiger partial charge in [0.2, 0.25) is 5.91 Å². The third-order valence-electron chi connectivity index (χ3n) is 7.94. The summed E-state index contributed by atoms with van der Waals surface area (Å²) in [4.78, 5) is 24.0. The van der Waals surface area contributed by atoms with Crippen LogP contribution in [0.1, 0.15) is 47.2 Å². The molecule has 10 heteroatoms. The van der Waals surface area contributed by atoms with Crippen molar-refractivity contribution in [3.05, 3.63) is 82.7 Å². The second-order valence-electron chi connectivity index (χ2n) is 10.8. The highest BCUT2D eigenvalue weighted by molar-refractivity contribution is 5.98. The van der Waals surface area contributed by atoms with Crippen molar-refractivity contribution in [1.29, 1.82) is 0 Å². The third kappa shape index (κ3) is 6.37. The molecule has 214 valence electrons. The zero-order valence-corrected chi connectivity index (χ0v) is 22.6. The Bertz CT molecular complexity index is 1470. The number of carbonyl (C=O) groups is 1. The molecule has 1 amide bonds. The molecule has 1 aromatic heterocycles. The molecule has 7 nitrogen and oxygen atoms in total. The van der Waals surface area contributed by atoms with E-state index in [0.717, 1.165) is 62.0 Å². The standard InChI is InChI=1S/C31H32F3N5O2/c32-31(33,34)27-17-24(7-5-22(27)19-39-13-1-2-14-39)38-30(40)21-4-3-20-6-8-25(16-23(20)15-21)41-26-9-10-35-28(18-26)29-36-11-12-37-29/h5-10,16-18,21H,1-4,11-15,19H2,(H,36,37)(H,38,40). The lowest BCUT2D eigenvalue weighted by atomic mass is 9.83. The number of aromatic nitrogens is 1. The fourth-order valence-electron chi connectivity index (χ4n) is 5.81. The molecule has 1 saturated heterocycles. The topological polar surface area (TPSA) is 78.9 Å². The lowest BCUT2D eigenvalue weighted by molar-refractivity contribution is -0.138. The number of ether oxygens (including phenoxy) is 1. The first kappa shape index (κ1) is 27.3. The van der Waals surface area contributed by atoms with Crippen LogP contribution in [0.2, 0.25) is 0 Å². The number of hydrogen-bond acceptors (Lipinski definition) is 6. The van der Waals surface area contributed by atoms with Gasteiger partial charge in [-0.2, -0.15) is 13.2 Å². The van der Waals surface area contributed by atoms with Crippen molar-refractivity contribution in [3.8, 4) is 11.5 Å². The number of fused-ring (bicyclic) bond motifs is 1. The van der Waals surface area contributed by atoms with Crippen LogP contribution in [0.15, 0.2) is 59.7 Å². The molecule has 2 aliphatic heterocycles. The highest BCUT2D eigenvalue weighted by atomic mass is 19.4. The second-order valence-corrected chi connectivity index (χ2v) is 10.8.